The van der Waals surface area contributed by atoms with E-state index in [4.69, 9.17) is 9.47 Å². The molecule has 3 rings (SSSR count). The van der Waals surface area contributed by atoms with Crippen LogP contribution in [0, 0.1) is 0 Å². The maximum atomic E-state index is 12.1. The SMILES string of the molecule is COc1cccc(NC(=O)/C=C/c2ccc3c(c2)C=CC(C)(C)O3)c1. The van der Waals surface area contributed by atoms with E-state index in [1.807, 2.05) is 62.4 Å². The van der Waals surface area contributed by atoms with E-state index in [9.17, 15) is 4.79 Å². The fourth-order valence-corrected chi connectivity index (χ4v) is 2.56. The third-order valence-electron chi connectivity index (χ3n) is 3.84. The Labute approximate surface area is 147 Å². The normalized spacial score (nSPS) is 14.7. The summed E-state index contributed by atoms with van der Waals surface area (Å²) in [5, 5.41) is 2.82. The number of fused-ring (bicyclic) bond motifs is 1. The van der Waals surface area contributed by atoms with Gasteiger partial charge in [0.05, 0.1) is 7.11 Å². The van der Waals surface area contributed by atoms with E-state index in [2.05, 4.69) is 5.32 Å². The van der Waals surface area contributed by atoms with Gasteiger partial charge in [-0.15, -0.1) is 0 Å². The number of hydrogen-bond donors (Lipinski definition) is 1. The van der Waals surface area contributed by atoms with Gasteiger partial charge in [-0.05, 0) is 55.8 Å². The summed E-state index contributed by atoms with van der Waals surface area (Å²) < 4.78 is 11.0. The average molecular weight is 335 g/mol. The topological polar surface area (TPSA) is 47.6 Å². The molecule has 0 aliphatic carbocycles. The molecule has 0 spiro atoms. The van der Waals surface area contributed by atoms with E-state index in [-0.39, 0.29) is 11.5 Å². The Morgan fingerprint density at radius 1 is 1.20 bits per heavy atom. The van der Waals surface area contributed by atoms with Crippen molar-refractivity contribution < 1.29 is 14.3 Å². The number of amides is 1. The molecule has 0 unspecified atom stereocenters. The van der Waals surface area contributed by atoms with Gasteiger partial charge in [0.1, 0.15) is 17.1 Å². The minimum Gasteiger partial charge on any atom is -0.497 e. The highest BCUT2D eigenvalue weighted by Crippen LogP contribution is 2.31. The van der Waals surface area contributed by atoms with Crippen molar-refractivity contribution >= 4 is 23.7 Å². The number of rotatable bonds is 4. The number of carbonyl (C=O) groups is 1. The smallest absolute Gasteiger partial charge is 0.248 e. The molecular weight excluding hydrogens is 314 g/mol. The Morgan fingerprint density at radius 2 is 2.04 bits per heavy atom. The molecule has 0 saturated carbocycles. The Morgan fingerprint density at radius 3 is 2.84 bits per heavy atom. The van der Waals surface area contributed by atoms with Crippen molar-refractivity contribution in [2.45, 2.75) is 19.4 Å². The second kappa shape index (κ2) is 6.85. The summed E-state index contributed by atoms with van der Waals surface area (Å²) in [6.45, 7) is 4.03. The lowest BCUT2D eigenvalue weighted by molar-refractivity contribution is -0.111. The van der Waals surface area contributed by atoms with Crippen LogP contribution < -0.4 is 14.8 Å². The van der Waals surface area contributed by atoms with Crippen LogP contribution in [0.15, 0.2) is 54.6 Å². The second-order valence-corrected chi connectivity index (χ2v) is 6.39. The third kappa shape index (κ3) is 4.29. The number of benzene rings is 2. The maximum Gasteiger partial charge on any atom is 0.248 e. The zero-order chi connectivity index (χ0) is 17.9. The van der Waals surface area contributed by atoms with Crippen LogP contribution in [0.1, 0.15) is 25.0 Å². The Kier molecular flexibility index (Phi) is 4.61. The van der Waals surface area contributed by atoms with Crippen molar-refractivity contribution in [1.82, 2.24) is 0 Å². The highest BCUT2D eigenvalue weighted by atomic mass is 16.5. The molecule has 0 bridgehead atoms. The lowest BCUT2D eigenvalue weighted by Gasteiger charge is -2.27. The lowest BCUT2D eigenvalue weighted by atomic mass is 10.0. The van der Waals surface area contributed by atoms with E-state index in [1.54, 1.807) is 19.3 Å². The van der Waals surface area contributed by atoms with Gasteiger partial charge in [0.25, 0.3) is 0 Å². The quantitative estimate of drug-likeness (QED) is 0.835. The molecule has 2 aromatic carbocycles. The minimum atomic E-state index is -0.291. The summed E-state index contributed by atoms with van der Waals surface area (Å²) in [5.41, 5.74) is 2.35. The highest BCUT2D eigenvalue weighted by Gasteiger charge is 2.21. The summed E-state index contributed by atoms with van der Waals surface area (Å²) in [4.78, 5) is 12.1. The van der Waals surface area contributed by atoms with Crippen molar-refractivity contribution in [3.63, 3.8) is 0 Å². The summed E-state index contributed by atoms with van der Waals surface area (Å²) in [5.74, 6) is 1.36. The standard InChI is InChI=1S/C21H21NO3/c1-21(2)12-11-16-13-15(7-9-19(16)25-21)8-10-20(23)22-17-5-4-6-18(14-17)24-3/h4-14H,1-3H3,(H,22,23)/b10-8+. The van der Waals surface area contributed by atoms with E-state index in [0.29, 0.717) is 11.4 Å². The van der Waals surface area contributed by atoms with Gasteiger partial charge < -0.3 is 14.8 Å². The molecule has 0 fully saturated rings. The van der Waals surface area contributed by atoms with Crippen LogP contribution >= 0.6 is 0 Å². The van der Waals surface area contributed by atoms with Gasteiger partial charge in [-0.1, -0.05) is 18.2 Å². The molecule has 0 aromatic heterocycles. The first kappa shape index (κ1) is 16.8. The molecular formula is C21H21NO3. The van der Waals surface area contributed by atoms with Crippen molar-refractivity contribution in [2.24, 2.45) is 0 Å². The number of methoxy groups -OCH3 is 1. The van der Waals surface area contributed by atoms with Gasteiger partial charge in [0.2, 0.25) is 5.91 Å². The zero-order valence-electron chi connectivity index (χ0n) is 14.6. The third-order valence-corrected chi connectivity index (χ3v) is 3.84. The molecule has 25 heavy (non-hydrogen) atoms. The number of carbonyl (C=O) groups excluding carboxylic acids is 1. The highest BCUT2D eigenvalue weighted by molar-refractivity contribution is 6.02. The molecule has 0 saturated heterocycles. The molecule has 1 aliphatic rings. The van der Waals surface area contributed by atoms with Crippen molar-refractivity contribution in [2.75, 3.05) is 12.4 Å². The lowest BCUT2D eigenvalue weighted by Crippen LogP contribution is -2.27. The van der Waals surface area contributed by atoms with E-state index < -0.39 is 0 Å². The fraction of sp³-hybridized carbons (Fsp3) is 0.190. The predicted molar refractivity (Wildman–Crippen MR) is 101 cm³/mol. The second-order valence-electron chi connectivity index (χ2n) is 6.39. The number of nitrogens with one attached hydrogen (secondary N) is 1. The largest absolute Gasteiger partial charge is 0.497 e. The van der Waals surface area contributed by atoms with Crippen LogP contribution in [0.25, 0.3) is 12.2 Å². The molecule has 128 valence electrons. The van der Waals surface area contributed by atoms with Crippen LogP contribution in [0.5, 0.6) is 11.5 Å². The zero-order valence-corrected chi connectivity index (χ0v) is 14.6. The van der Waals surface area contributed by atoms with Gasteiger partial charge in [-0.25, -0.2) is 0 Å². The first-order chi connectivity index (χ1) is 11.9. The van der Waals surface area contributed by atoms with Gasteiger partial charge in [-0.2, -0.15) is 0 Å². The molecule has 1 N–H and O–H groups in total. The van der Waals surface area contributed by atoms with E-state index >= 15 is 0 Å². The van der Waals surface area contributed by atoms with Gasteiger partial charge in [-0.3, -0.25) is 4.79 Å². The van der Waals surface area contributed by atoms with Crippen LogP contribution in [0.4, 0.5) is 5.69 Å². The molecule has 4 heteroatoms. The van der Waals surface area contributed by atoms with Crippen molar-refractivity contribution in [3.8, 4) is 11.5 Å². The van der Waals surface area contributed by atoms with Crippen LogP contribution in [0.2, 0.25) is 0 Å². The van der Waals surface area contributed by atoms with E-state index in [1.165, 1.54) is 6.08 Å². The van der Waals surface area contributed by atoms with Crippen LogP contribution in [-0.2, 0) is 4.79 Å². The van der Waals surface area contributed by atoms with Gasteiger partial charge >= 0.3 is 0 Å². The minimum absolute atomic E-state index is 0.195. The monoisotopic (exact) mass is 335 g/mol. The first-order valence-electron chi connectivity index (χ1n) is 8.11. The summed E-state index contributed by atoms with van der Waals surface area (Å²) in [7, 11) is 1.59. The Hall–Kier alpha value is -3.01. The van der Waals surface area contributed by atoms with Crippen molar-refractivity contribution in [1.29, 1.82) is 0 Å². The number of anilines is 1. The molecule has 2 aromatic rings. The van der Waals surface area contributed by atoms with E-state index in [0.717, 1.165) is 16.9 Å². The Bertz CT molecular complexity index is 850. The number of ether oxygens (including phenoxy) is 2. The van der Waals surface area contributed by atoms with Crippen LogP contribution in [0.3, 0.4) is 0 Å². The first-order valence-corrected chi connectivity index (χ1v) is 8.11. The summed E-state index contributed by atoms with van der Waals surface area (Å²) in [6.07, 6.45) is 7.37. The average Bonchev–Trinajstić information content (AvgIpc) is 2.59. The molecule has 1 heterocycles. The fourth-order valence-electron chi connectivity index (χ4n) is 2.56. The Balaban J connectivity index is 1.68. The van der Waals surface area contributed by atoms with Crippen LogP contribution in [-0.4, -0.2) is 18.6 Å². The molecule has 0 radical (unpaired) electrons. The molecule has 1 amide bonds. The maximum absolute atomic E-state index is 12.1. The molecule has 1 aliphatic heterocycles. The van der Waals surface area contributed by atoms with Gasteiger partial charge in [0.15, 0.2) is 0 Å². The predicted octanol–water partition coefficient (Wildman–Crippen LogP) is 4.53. The van der Waals surface area contributed by atoms with Gasteiger partial charge in [0, 0.05) is 23.4 Å². The summed E-state index contributed by atoms with van der Waals surface area (Å²) in [6, 6.07) is 13.1. The molecule has 0 atom stereocenters. The number of hydrogen-bond acceptors (Lipinski definition) is 3. The van der Waals surface area contributed by atoms with Crippen molar-refractivity contribution in [3.05, 3.63) is 65.7 Å². The summed E-state index contributed by atoms with van der Waals surface area (Å²) >= 11 is 0. The molecule has 4 nitrogen and oxygen atoms in total.